The molecule has 0 fully saturated rings. The molecule has 0 radical (unpaired) electrons. The number of hydrogen-bond donors (Lipinski definition) is 1. The van der Waals surface area contributed by atoms with E-state index in [2.05, 4.69) is 55.5 Å². The molecule has 0 amide bonds. The van der Waals surface area contributed by atoms with Crippen LogP contribution in [0.25, 0.3) is 0 Å². The third kappa shape index (κ3) is 4.20. The van der Waals surface area contributed by atoms with Crippen molar-refractivity contribution in [3.8, 4) is 0 Å². The van der Waals surface area contributed by atoms with Crippen LogP contribution in [0.4, 0.5) is 0 Å². The first kappa shape index (κ1) is 14.8. The van der Waals surface area contributed by atoms with E-state index in [-0.39, 0.29) is 0 Å². The van der Waals surface area contributed by atoms with Gasteiger partial charge in [-0.05, 0) is 43.0 Å². The zero-order valence-corrected chi connectivity index (χ0v) is 12.7. The molecule has 3 heteroatoms. The van der Waals surface area contributed by atoms with Crippen molar-refractivity contribution < 1.29 is 0 Å². The van der Waals surface area contributed by atoms with Gasteiger partial charge in [0.1, 0.15) is 0 Å². The van der Waals surface area contributed by atoms with Crippen LogP contribution in [0.2, 0.25) is 0 Å². The fraction of sp³-hybridized carbons (Fsp3) is 0.471. The van der Waals surface area contributed by atoms with Gasteiger partial charge in [0.2, 0.25) is 0 Å². The van der Waals surface area contributed by atoms with Crippen LogP contribution < -0.4 is 5.32 Å². The summed E-state index contributed by atoms with van der Waals surface area (Å²) in [4.78, 5) is 0. The van der Waals surface area contributed by atoms with E-state index in [1.165, 1.54) is 11.1 Å². The maximum atomic E-state index is 4.21. The van der Waals surface area contributed by atoms with Crippen LogP contribution in [0.3, 0.4) is 0 Å². The number of rotatable bonds is 7. The molecule has 0 bridgehead atoms. The molecule has 0 aliphatic carbocycles. The van der Waals surface area contributed by atoms with Gasteiger partial charge in [0.05, 0.1) is 0 Å². The minimum Gasteiger partial charge on any atom is -0.310 e. The van der Waals surface area contributed by atoms with Crippen LogP contribution in [0, 0.1) is 0 Å². The fourth-order valence-corrected chi connectivity index (χ4v) is 2.28. The van der Waals surface area contributed by atoms with Crippen molar-refractivity contribution in [2.45, 2.75) is 45.7 Å². The van der Waals surface area contributed by atoms with E-state index in [4.69, 9.17) is 0 Å². The normalized spacial score (nSPS) is 12.8. The Morgan fingerprint density at radius 3 is 2.40 bits per heavy atom. The topological polar surface area (TPSA) is 29.9 Å². The summed E-state index contributed by atoms with van der Waals surface area (Å²) in [6, 6.07) is 11.3. The number of benzene rings is 1. The van der Waals surface area contributed by atoms with Crippen LogP contribution >= 0.6 is 0 Å². The molecular weight excluding hydrogens is 246 g/mol. The first-order valence-corrected chi connectivity index (χ1v) is 7.47. The predicted octanol–water partition coefficient (Wildman–Crippen LogP) is 3.75. The molecule has 108 valence electrons. The van der Waals surface area contributed by atoms with E-state index in [0.29, 0.717) is 12.0 Å². The average Bonchev–Trinajstić information content (AvgIpc) is 2.96. The SMILES string of the molecule is CC(C)c1ccc(C(C)NCCCn2cccn2)cc1. The predicted molar refractivity (Wildman–Crippen MR) is 83.8 cm³/mol. The van der Waals surface area contributed by atoms with Crippen molar-refractivity contribution in [1.29, 1.82) is 0 Å². The maximum absolute atomic E-state index is 4.21. The summed E-state index contributed by atoms with van der Waals surface area (Å²) in [6.07, 6.45) is 4.93. The van der Waals surface area contributed by atoms with Gasteiger partial charge in [-0.15, -0.1) is 0 Å². The largest absolute Gasteiger partial charge is 0.310 e. The van der Waals surface area contributed by atoms with E-state index in [9.17, 15) is 0 Å². The zero-order chi connectivity index (χ0) is 14.4. The molecule has 0 aliphatic rings. The summed E-state index contributed by atoms with van der Waals surface area (Å²) in [5, 5.41) is 7.78. The molecule has 0 saturated carbocycles. The van der Waals surface area contributed by atoms with Crippen molar-refractivity contribution in [2.75, 3.05) is 6.54 Å². The molecule has 1 heterocycles. The molecule has 0 saturated heterocycles. The van der Waals surface area contributed by atoms with Gasteiger partial charge in [-0.2, -0.15) is 5.10 Å². The molecule has 3 nitrogen and oxygen atoms in total. The van der Waals surface area contributed by atoms with Crippen molar-refractivity contribution in [3.63, 3.8) is 0 Å². The standard InChI is InChI=1S/C17H25N3/c1-14(2)16-6-8-17(9-7-16)15(3)18-10-4-12-20-13-5-11-19-20/h5-9,11,13-15,18H,4,10,12H2,1-3H3. The van der Waals surface area contributed by atoms with E-state index < -0.39 is 0 Å². The Bertz CT molecular complexity index is 485. The summed E-state index contributed by atoms with van der Waals surface area (Å²) in [6.45, 7) is 8.65. The third-order valence-corrected chi connectivity index (χ3v) is 3.68. The summed E-state index contributed by atoms with van der Waals surface area (Å²) >= 11 is 0. The van der Waals surface area contributed by atoms with Gasteiger partial charge >= 0.3 is 0 Å². The van der Waals surface area contributed by atoms with Crippen molar-refractivity contribution >= 4 is 0 Å². The molecule has 1 aromatic heterocycles. The minimum atomic E-state index is 0.397. The highest BCUT2D eigenvalue weighted by atomic mass is 15.3. The average molecular weight is 271 g/mol. The van der Waals surface area contributed by atoms with Crippen LogP contribution in [-0.2, 0) is 6.54 Å². The van der Waals surface area contributed by atoms with Crippen LogP contribution in [0.1, 0.15) is 50.3 Å². The summed E-state index contributed by atoms with van der Waals surface area (Å²) in [5.74, 6) is 0.599. The molecule has 1 atom stereocenters. The second-order valence-electron chi connectivity index (χ2n) is 5.62. The van der Waals surface area contributed by atoms with Gasteiger partial charge in [0, 0.05) is 25.0 Å². The van der Waals surface area contributed by atoms with Crippen LogP contribution in [0.5, 0.6) is 0 Å². The number of nitrogens with zero attached hydrogens (tertiary/aromatic N) is 2. The van der Waals surface area contributed by atoms with Gasteiger partial charge < -0.3 is 5.32 Å². The van der Waals surface area contributed by atoms with E-state index in [1.54, 1.807) is 0 Å². The summed E-state index contributed by atoms with van der Waals surface area (Å²) in [5.41, 5.74) is 2.76. The lowest BCUT2D eigenvalue weighted by molar-refractivity contribution is 0.507. The molecule has 2 rings (SSSR count). The lowest BCUT2D eigenvalue weighted by atomic mass is 9.99. The van der Waals surface area contributed by atoms with Gasteiger partial charge in [0.15, 0.2) is 0 Å². The summed E-state index contributed by atoms with van der Waals surface area (Å²) in [7, 11) is 0. The molecule has 1 N–H and O–H groups in total. The van der Waals surface area contributed by atoms with Gasteiger partial charge in [-0.3, -0.25) is 4.68 Å². The highest BCUT2D eigenvalue weighted by Gasteiger charge is 2.05. The Morgan fingerprint density at radius 1 is 1.10 bits per heavy atom. The van der Waals surface area contributed by atoms with E-state index >= 15 is 0 Å². The van der Waals surface area contributed by atoms with E-state index in [0.717, 1.165) is 19.5 Å². The monoisotopic (exact) mass is 271 g/mol. The molecule has 20 heavy (non-hydrogen) atoms. The summed E-state index contributed by atoms with van der Waals surface area (Å²) < 4.78 is 1.98. The lowest BCUT2D eigenvalue weighted by Gasteiger charge is -2.15. The number of aromatic nitrogens is 2. The Balaban J connectivity index is 1.75. The molecule has 2 aromatic rings. The second kappa shape index (κ2) is 7.25. The zero-order valence-electron chi connectivity index (χ0n) is 12.7. The first-order chi connectivity index (χ1) is 9.66. The second-order valence-corrected chi connectivity index (χ2v) is 5.62. The maximum Gasteiger partial charge on any atom is 0.0489 e. The molecule has 0 spiro atoms. The molecular formula is C17H25N3. The molecule has 0 aliphatic heterocycles. The first-order valence-electron chi connectivity index (χ1n) is 7.47. The van der Waals surface area contributed by atoms with Crippen LogP contribution in [-0.4, -0.2) is 16.3 Å². The Labute approximate surface area is 122 Å². The Kier molecular flexibility index (Phi) is 5.36. The Hall–Kier alpha value is -1.61. The molecule has 1 unspecified atom stereocenters. The molecule has 1 aromatic carbocycles. The van der Waals surface area contributed by atoms with Gasteiger partial charge in [-0.25, -0.2) is 0 Å². The number of nitrogens with one attached hydrogen (secondary N) is 1. The lowest BCUT2D eigenvalue weighted by Crippen LogP contribution is -2.21. The van der Waals surface area contributed by atoms with Crippen molar-refractivity contribution in [2.24, 2.45) is 0 Å². The van der Waals surface area contributed by atoms with E-state index in [1.807, 2.05) is 23.1 Å². The smallest absolute Gasteiger partial charge is 0.0489 e. The third-order valence-electron chi connectivity index (χ3n) is 3.68. The van der Waals surface area contributed by atoms with Crippen molar-refractivity contribution in [3.05, 3.63) is 53.9 Å². The van der Waals surface area contributed by atoms with Gasteiger partial charge in [0.25, 0.3) is 0 Å². The van der Waals surface area contributed by atoms with Gasteiger partial charge in [-0.1, -0.05) is 38.1 Å². The highest BCUT2D eigenvalue weighted by molar-refractivity contribution is 5.26. The van der Waals surface area contributed by atoms with Crippen molar-refractivity contribution in [1.82, 2.24) is 15.1 Å². The highest BCUT2D eigenvalue weighted by Crippen LogP contribution is 2.18. The number of aryl methyl sites for hydroxylation is 1. The van der Waals surface area contributed by atoms with Crippen LogP contribution in [0.15, 0.2) is 42.7 Å². The Morgan fingerprint density at radius 2 is 1.80 bits per heavy atom. The quantitative estimate of drug-likeness (QED) is 0.777. The minimum absolute atomic E-state index is 0.397. The fourth-order valence-electron chi connectivity index (χ4n) is 2.28. The number of hydrogen-bond acceptors (Lipinski definition) is 2.